The Kier molecular flexibility index (Phi) is 3.32. The van der Waals surface area contributed by atoms with Crippen LogP contribution in [0.4, 0.5) is 4.39 Å². The Hall–Kier alpha value is -2.07. The summed E-state index contributed by atoms with van der Waals surface area (Å²) in [7, 11) is 0. The second-order valence-electron chi connectivity index (χ2n) is 4.36. The summed E-state index contributed by atoms with van der Waals surface area (Å²) in [5.74, 6) is -0.881. The quantitative estimate of drug-likeness (QED) is 0.653. The van der Waals surface area contributed by atoms with Gasteiger partial charge in [-0.1, -0.05) is 34.1 Å². The molecule has 2 nitrogen and oxygen atoms in total. The minimum Gasteiger partial charge on any atom is -0.288 e. The Morgan fingerprint density at radius 2 is 1.95 bits per heavy atom. The number of rotatable bonds is 2. The lowest BCUT2D eigenvalue weighted by molar-refractivity contribution is 0.103. The maximum atomic E-state index is 13.8. The predicted octanol–water partition coefficient (Wildman–Crippen LogP) is 4.37. The fourth-order valence-corrected chi connectivity index (χ4v) is 2.37. The molecule has 20 heavy (non-hydrogen) atoms. The Balaban J connectivity index is 2.08. The average molecular weight is 330 g/mol. The molecular weight excluding hydrogens is 321 g/mol. The summed E-state index contributed by atoms with van der Waals surface area (Å²) < 4.78 is 14.4. The number of benzene rings is 2. The predicted molar refractivity (Wildman–Crippen MR) is 79.3 cm³/mol. The first-order valence-electron chi connectivity index (χ1n) is 6.00. The number of halogens is 2. The molecule has 0 unspecified atom stereocenters. The van der Waals surface area contributed by atoms with Crippen LogP contribution in [0.15, 0.2) is 59.2 Å². The van der Waals surface area contributed by atoms with E-state index in [0.29, 0.717) is 10.0 Å². The maximum Gasteiger partial charge on any atom is 0.196 e. The van der Waals surface area contributed by atoms with E-state index in [4.69, 9.17) is 0 Å². The van der Waals surface area contributed by atoms with Crippen LogP contribution >= 0.6 is 15.9 Å². The van der Waals surface area contributed by atoms with Crippen molar-refractivity contribution in [2.45, 2.75) is 0 Å². The fourth-order valence-electron chi connectivity index (χ4n) is 2.04. The van der Waals surface area contributed by atoms with E-state index in [-0.39, 0.29) is 11.3 Å². The maximum absolute atomic E-state index is 13.8. The summed E-state index contributed by atoms with van der Waals surface area (Å²) in [4.78, 5) is 16.5. The highest BCUT2D eigenvalue weighted by molar-refractivity contribution is 9.10. The van der Waals surface area contributed by atoms with Gasteiger partial charge in [0.25, 0.3) is 0 Å². The van der Waals surface area contributed by atoms with Crippen LogP contribution in [0, 0.1) is 5.82 Å². The molecule has 0 bridgehead atoms. The van der Waals surface area contributed by atoms with Crippen LogP contribution in [0.3, 0.4) is 0 Å². The zero-order valence-electron chi connectivity index (χ0n) is 10.3. The first-order valence-corrected chi connectivity index (χ1v) is 6.79. The van der Waals surface area contributed by atoms with Gasteiger partial charge >= 0.3 is 0 Å². The lowest BCUT2D eigenvalue weighted by Gasteiger charge is -2.04. The van der Waals surface area contributed by atoms with Gasteiger partial charge in [-0.3, -0.25) is 9.78 Å². The Morgan fingerprint density at radius 1 is 1.10 bits per heavy atom. The van der Waals surface area contributed by atoms with Crippen LogP contribution in [0.25, 0.3) is 10.9 Å². The topological polar surface area (TPSA) is 30.0 Å². The van der Waals surface area contributed by atoms with Crippen molar-refractivity contribution < 1.29 is 9.18 Å². The molecule has 98 valence electrons. The second kappa shape index (κ2) is 5.13. The molecule has 0 fully saturated rings. The zero-order chi connectivity index (χ0) is 14.1. The summed E-state index contributed by atoms with van der Waals surface area (Å²) in [6.07, 6.45) is 1.66. The number of carbonyl (C=O) groups excluding carboxylic acids is 1. The molecule has 0 aliphatic carbocycles. The number of nitrogens with zero attached hydrogens (tertiary/aromatic N) is 1. The van der Waals surface area contributed by atoms with Crippen molar-refractivity contribution >= 4 is 32.6 Å². The van der Waals surface area contributed by atoms with E-state index in [0.717, 1.165) is 10.9 Å². The highest BCUT2D eigenvalue weighted by atomic mass is 79.9. The van der Waals surface area contributed by atoms with Crippen molar-refractivity contribution in [2.24, 2.45) is 0 Å². The van der Waals surface area contributed by atoms with Gasteiger partial charge in [0.05, 0.1) is 11.1 Å². The summed E-state index contributed by atoms with van der Waals surface area (Å²) in [6, 6.07) is 13.3. The largest absolute Gasteiger partial charge is 0.288 e. The Morgan fingerprint density at radius 3 is 2.75 bits per heavy atom. The van der Waals surface area contributed by atoms with Crippen LogP contribution in [0.2, 0.25) is 0 Å². The normalized spacial score (nSPS) is 10.7. The first kappa shape index (κ1) is 12.9. The number of hydrogen-bond acceptors (Lipinski definition) is 2. The van der Waals surface area contributed by atoms with Crippen molar-refractivity contribution in [1.82, 2.24) is 4.98 Å². The highest BCUT2D eigenvalue weighted by Crippen LogP contribution is 2.20. The van der Waals surface area contributed by atoms with Crippen molar-refractivity contribution in [3.63, 3.8) is 0 Å². The first-order chi connectivity index (χ1) is 9.65. The summed E-state index contributed by atoms with van der Waals surface area (Å²) in [5.41, 5.74) is 1.21. The molecule has 0 aliphatic rings. The van der Waals surface area contributed by atoms with Gasteiger partial charge in [0.15, 0.2) is 5.78 Å². The molecule has 3 aromatic rings. The van der Waals surface area contributed by atoms with E-state index in [1.807, 2.05) is 18.2 Å². The van der Waals surface area contributed by atoms with Gasteiger partial charge in [-0.05, 0) is 30.3 Å². The van der Waals surface area contributed by atoms with Gasteiger partial charge in [-0.15, -0.1) is 0 Å². The molecule has 0 spiro atoms. The van der Waals surface area contributed by atoms with Crippen LogP contribution in [-0.2, 0) is 0 Å². The van der Waals surface area contributed by atoms with Gasteiger partial charge in [0, 0.05) is 21.6 Å². The molecular formula is C16H9BrFNO. The third kappa shape index (κ3) is 2.34. The standard InChI is InChI=1S/C16H9BrFNO/c17-12-5-6-13(14(18)9-12)16(20)11-4-3-10-2-1-7-19-15(10)8-11/h1-9H. The number of ketones is 1. The summed E-state index contributed by atoms with van der Waals surface area (Å²) >= 11 is 3.17. The molecule has 0 saturated heterocycles. The minimum atomic E-state index is -0.537. The lowest BCUT2D eigenvalue weighted by atomic mass is 10.0. The smallest absolute Gasteiger partial charge is 0.196 e. The third-order valence-electron chi connectivity index (χ3n) is 3.04. The van der Waals surface area contributed by atoms with Crippen LogP contribution in [0.5, 0.6) is 0 Å². The van der Waals surface area contributed by atoms with Gasteiger partial charge < -0.3 is 0 Å². The number of carbonyl (C=O) groups is 1. The average Bonchev–Trinajstić information content (AvgIpc) is 2.46. The Bertz CT molecular complexity index is 816. The number of pyridine rings is 1. The molecule has 0 saturated carbocycles. The van der Waals surface area contributed by atoms with E-state index >= 15 is 0 Å². The van der Waals surface area contributed by atoms with Crippen molar-refractivity contribution in [1.29, 1.82) is 0 Å². The van der Waals surface area contributed by atoms with Gasteiger partial charge in [0.1, 0.15) is 5.82 Å². The molecule has 0 aliphatic heterocycles. The SMILES string of the molecule is O=C(c1ccc2cccnc2c1)c1ccc(Br)cc1F. The molecule has 2 aromatic carbocycles. The molecule has 0 radical (unpaired) electrons. The third-order valence-corrected chi connectivity index (χ3v) is 3.54. The number of hydrogen-bond donors (Lipinski definition) is 0. The summed E-state index contributed by atoms with van der Waals surface area (Å²) in [6.45, 7) is 0. The van der Waals surface area contributed by atoms with Gasteiger partial charge in [-0.25, -0.2) is 4.39 Å². The number of aromatic nitrogens is 1. The van der Waals surface area contributed by atoms with Crippen LogP contribution in [-0.4, -0.2) is 10.8 Å². The van der Waals surface area contributed by atoms with Crippen molar-refractivity contribution in [3.05, 3.63) is 76.1 Å². The van der Waals surface area contributed by atoms with Crippen LogP contribution < -0.4 is 0 Å². The zero-order valence-corrected chi connectivity index (χ0v) is 11.9. The minimum absolute atomic E-state index is 0.0588. The lowest BCUT2D eigenvalue weighted by Crippen LogP contribution is -2.04. The second-order valence-corrected chi connectivity index (χ2v) is 5.28. The molecule has 0 amide bonds. The Labute approximate surface area is 123 Å². The van der Waals surface area contributed by atoms with E-state index in [1.54, 1.807) is 24.4 Å². The molecule has 0 atom stereocenters. The molecule has 0 N–H and O–H groups in total. The van der Waals surface area contributed by atoms with E-state index in [2.05, 4.69) is 20.9 Å². The van der Waals surface area contributed by atoms with Crippen LogP contribution in [0.1, 0.15) is 15.9 Å². The van der Waals surface area contributed by atoms with E-state index in [9.17, 15) is 9.18 Å². The van der Waals surface area contributed by atoms with Crippen molar-refractivity contribution in [3.8, 4) is 0 Å². The van der Waals surface area contributed by atoms with E-state index < -0.39 is 5.82 Å². The molecule has 1 heterocycles. The molecule has 3 rings (SSSR count). The summed E-state index contributed by atoms with van der Waals surface area (Å²) in [5, 5.41) is 0.945. The van der Waals surface area contributed by atoms with Crippen molar-refractivity contribution in [2.75, 3.05) is 0 Å². The van der Waals surface area contributed by atoms with Gasteiger partial charge in [0.2, 0.25) is 0 Å². The highest BCUT2D eigenvalue weighted by Gasteiger charge is 2.14. The molecule has 1 aromatic heterocycles. The molecule has 4 heteroatoms. The van der Waals surface area contributed by atoms with E-state index in [1.165, 1.54) is 12.1 Å². The van der Waals surface area contributed by atoms with Gasteiger partial charge in [-0.2, -0.15) is 0 Å². The fraction of sp³-hybridized carbons (Fsp3) is 0. The number of fused-ring (bicyclic) bond motifs is 1. The monoisotopic (exact) mass is 329 g/mol.